The van der Waals surface area contributed by atoms with E-state index in [2.05, 4.69) is 57.1 Å². The van der Waals surface area contributed by atoms with Gasteiger partial charge in [0, 0.05) is 39.0 Å². The first kappa shape index (κ1) is 48.6. The predicted octanol–water partition coefficient (Wildman–Crippen LogP) is 5.17. The van der Waals surface area contributed by atoms with Crippen molar-refractivity contribution in [2.45, 2.75) is 87.0 Å². The molecule has 0 radical (unpaired) electrons. The van der Waals surface area contributed by atoms with Gasteiger partial charge in [-0.1, -0.05) is 47.6 Å². The van der Waals surface area contributed by atoms with Crippen LogP contribution in [0.15, 0.2) is 18.2 Å². The highest BCUT2D eigenvalue weighted by atomic mass is 16.6. The van der Waals surface area contributed by atoms with Gasteiger partial charge in [0.15, 0.2) is 5.75 Å². The molecule has 2 N–H and O–H groups in total. The minimum atomic E-state index is -0.533. The van der Waals surface area contributed by atoms with E-state index < -0.39 is 11.9 Å². The Balaban J connectivity index is 2.14. The van der Waals surface area contributed by atoms with Crippen molar-refractivity contribution in [3.8, 4) is 17.6 Å². The molecule has 54 heavy (non-hydrogen) atoms. The third-order valence-electron chi connectivity index (χ3n) is 8.24. The summed E-state index contributed by atoms with van der Waals surface area (Å²) >= 11 is 0. The van der Waals surface area contributed by atoms with E-state index in [0.717, 1.165) is 31.4 Å². The summed E-state index contributed by atoms with van der Waals surface area (Å²) in [5, 5.41) is 5.45. The van der Waals surface area contributed by atoms with Gasteiger partial charge in [0.05, 0.1) is 78.2 Å². The SMILES string of the molecule is CCCOCCOCCOCCNC(=O)C#CC(=O)CCCOCCOCCOCCC(=O)Nc1cc(C[C@H](C)CC(C)C(C)(C)C)ccc1OC(C)=O. The lowest BCUT2D eigenvalue weighted by atomic mass is 9.76. The average molecular weight is 763 g/mol. The summed E-state index contributed by atoms with van der Waals surface area (Å²) in [4.78, 5) is 48.0. The highest BCUT2D eigenvalue weighted by Gasteiger charge is 2.22. The number of carbonyl (C=O) groups excluding carboxylic acids is 4. The van der Waals surface area contributed by atoms with Crippen LogP contribution in [0.25, 0.3) is 0 Å². The zero-order chi connectivity index (χ0) is 40.0. The quantitative estimate of drug-likeness (QED) is 0.0351. The van der Waals surface area contributed by atoms with Crippen LogP contribution in [0.4, 0.5) is 5.69 Å². The summed E-state index contributed by atoms with van der Waals surface area (Å²) in [6.07, 6.45) is 3.69. The second-order valence-electron chi connectivity index (χ2n) is 14.2. The Hall–Kier alpha value is -3.38. The second kappa shape index (κ2) is 29.9. The molecule has 13 heteroatoms. The van der Waals surface area contributed by atoms with E-state index in [1.165, 1.54) is 6.92 Å². The number of hydrogen-bond acceptors (Lipinski definition) is 11. The van der Waals surface area contributed by atoms with E-state index in [-0.39, 0.29) is 43.1 Å². The molecule has 1 aromatic carbocycles. The number of carbonyl (C=O) groups is 4. The van der Waals surface area contributed by atoms with E-state index in [1.54, 1.807) is 6.07 Å². The third kappa shape index (κ3) is 26.4. The molecule has 1 aromatic rings. The summed E-state index contributed by atoms with van der Waals surface area (Å²) in [5.41, 5.74) is 1.76. The summed E-state index contributed by atoms with van der Waals surface area (Å²) in [7, 11) is 0. The Kier molecular flexibility index (Phi) is 26.9. The van der Waals surface area contributed by atoms with E-state index in [0.29, 0.717) is 95.8 Å². The Morgan fingerprint density at radius 2 is 1.31 bits per heavy atom. The van der Waals surface area contributed by atoms with E-state index in [9.17, 15) is 19.2 Å². The normalized spacial score (nSPS) is 12.4. The van der Waals surface area contributed by atoms with Crippen molar-refractivity contribution in [1.82, 2.24) is 5.32 Å². The van der Waals surface area contributed by atoms with Crippen LogP contribution in [-0.2, 0) is 54.0 Å². The van der Waals surface area contributed by atoms with Crippen molar-refractivity contribution in [3.63, 3.8) is 0 Å². The van der Waals surface area contributed by atoms with Gasteiger partial charge in [-0.15, -0.1) is 0 Å². The minimum absolute atomic E-state index is 0.127. The van der Waals surface area contributed by atoms with Crippen LogP contribution < -0.4 is 15.4 Å². The van der Waals surface area contributed by atoms with Crippen molar-refractivity contribution in [2.75, 3.05) is 91.1 Å². The summed E-state index contributed by atoms with van der Waals surface area (Å²) in [6.45, 7) is 19.8. The van der Waals surface area contributed by atoms with Gasteiger partial charge < -0.3 is 43.8 Å². The molecule has 0 spiro atoms. The Morgan fingerprint density at radius 1 is 0.741 bits per heavy atom. The van der Waals surface area contributed by atoms with Gasteiger partial charge in [-0.2, -0.15) is 0 Å². The fourth-order valence-electron chi connectivity index (χ4n) is 4.90. The molecule has 0 saturated heterocycles. The fourth-order valence-corrected chi connectivity index (χ4v) is 4.90. The van der Waals surface area contributed by atoms with Crippen molar-refractivity contribution in [3.05, 3.63) is 23.8 Å². The number of hydrogen-bond donors (Lipinski definition) is 2. The second-order valence-corrected chi connectivity index (χ2v) is 14.2. The molecule has 306 valence electrons. The number of Topliss-reactive ketones (excluding diaryl/α,β-unsaturated/α-hetero) is 1. The van der Waals surface area contributed by atoms with E-state index in [4.69, 9.17) is 33.2 Å². The Bertz CT molecular complexity index is 1290. The van der Waals surface area contributed by atoms with Gasteiger partial charge in [0.2, 0.25) is 11.7 Å². The molecule has 0 saturated carbocycles. The average Bonchev–Trinajstić information content (AvgIpc) is 3.10. The number of ketones is 1. The molecule has 0 aromatic heterocycles. The summed E-state index contributed by atoms with van der Waals surface area (Å²) in [5.74, 6) is 4.38. The Morgan fingerprint density at radius 3 is 1.91 bits per heavy atom. The lowest BCUT2D eigenvalue weighted by molar-refractivity contribution is -0.132. The maximum absolute atomic E-state index is 12.7. The first-order valence-electron chi connectivity index (χ1n) is 19.2. The number of amides is 2. The van der Waals surface area contributed by atoms with Gasteiger partial charge in [-0.05, 0) is 66.6 Å². The molecule has 0 heterocycles. The lowest BCUT2D eigenvalue weighted by Crippen LogP contribution is -2.26. The highest BCUT2D eigenvalue weighted by molar-refractivity contribution is 6.03. The van der Waals surface area contributed by atoms with E-state index >= 15 is 0 Å². The molecule has 1 unspecified atom stereocenters. The molecule has 0 bridgehead atoms. The number of rotatable bonds is 30. The van der Waals surface area contributed by atoms with Crippen LogP contribution in [0.3, 0.4) is 0 Å². The number of anilines is 1. The number of ether oxygens (including phenoxy) is 7. The highest BCUT2D eigenvalue weighted by Crippen LogP contribution is 2.33. The monoisotopic (exact) mass is 762 g/mol. The lowest BCUT2D eigenvalue weighted by Gasteiger charge is -2.29. The third-order valence-corrected chi connectivity index (χ3v) is 8.24. The van der Waals surface area contributed by atoms with Gasteiger partial charge in [-0.3, -0.25) is 19.2 Å². The summed E-state index contributed by atoms with van der Waals surface area (Å²) in [6, 6.07) is 5.55. The molecule has 2 atom stereocenters. The van der Waals surface area contributed by atoms with Crippen molar-refractivity contribution in [1.29, 1.82) is 0 Å². The van der Waals surface area contributed by atoms with Crippen LogP contribution >= 0.6 is 0 Å². The topological polar surface area (TPSA) is 157 Å². The van der Waals surface area contributed by atoms with E-state index in [1.807, 2.05) is 19.1 Å². The van der Waals surface area contributed by atoms with Crippen LogP contribution in [0, 0.1) is 29.1 Å². The maximum Gasteiger partial charge on any atom is 0.308 e. The van der Waals surface area contributed by atoms with Crippen LogP contribution in [0.5, 0.6) is 5.75 Å². The molecule has 0 aliphatic carbocycles. The predicted molar refractivity (Wildman–Crippen MR) is 207 cm³/mol. The van der Waals surface area contributed by atoms with Crippen LogP contribution in [-0.4, -0.2) is 109 Å². The first-order valence-corrected chi connectivity index (χ1v) is 19.2. The van der Waals surface area contributed by atoms with Gasteiger partial charge >= 0.3 is 5.97 Å². The molecule has 13 nitrogen and oxygen atoms in total. The molecular formula is C41H66N2O11. The zero-order valence-corrected chi connectivity index (χ0v) is 33.8. The van der Waals surface area contributed by atoms with Gasteiger partial charge in [-0.25, -0.2) is 0 Å². The molecule has 2 amide bonds. The van der Waals surface area contributed by atoms with Crippen LogP contribution in [0.1, 0.15) is 86.1 Å². The van der Waals surface area contributed by atoms with Crippen LogP contribution in [0.2, 0.25) is 0 Å². The summed E-state index contributed by atoms with van der Waals surface area (Å²) < 4.78 is 37.9. The smallest absolute Gasteiger partial charge is 0.308 e. The van der Waals surface area contributed by atoms with Crippen molar-refractivity contribution < 1.29 is 52.3 Å². The van der Waals surface area contributed by atoms with Gasteiger partial charge in [0.1, 0.15) is 0 Å². The van der Waals surface area contributed by atoms with Crippen molar-refractivity contribution in [2.24, 2.45) is 17.3 Å². The number of esters is 1. The Labute approximate surface area is 323 Å². The largest absolute Gasteiger partial charge is 0.424 e. The maximum atomic E-state index is 12.7. The fraction of sp³-hybridized carbons (Fsp3) is 0.707. The van der Waals surface area contributed by atoms with Gasteiger partial charge in [0.25, 0.3) is 5.91 Å². The van der Waals surface area contributed by atoms with Crippen molar-refractivity contribution >= 4 is 29.3 Å². The standard InChI is InChI=1S/C41H66N2O11/c1-8-17-48-21-25-52-28-24-51-20-16-42-39(46)14-12-36(45)10-9-18-49-22-26-53-27-23-50-19-15-40(47)43-37-31-35(11-13-38(37)54-34(4)44)30-32(2)29-33(3)41(5,6)7/h11,13,31-33H,8-10,15-30H2,1-7H3,(H,42,46)(H,43,47)/t32-,33?/m1/s1. The molecule has 0 aliphatic heterocycles. The number of benzene rings is 1. The first-order chi connectivity index (χ1) is 25.8. The number of nitrogens with one attached hydrogen (secondary N) is 2. The molecular weight excluding hydrogens is 696 g/mol. The molecule has 0 fully saturated rings. The molecule has 1 rings (SSSR count). The molecule has 0 aliphatic rings. The zero-order valence-electron chi connectivity index (χ0n) is 33.8. The minimum Gasteiger partial charge on any atom is -0.424 e.